The van der Waals surface area contributed by atoms with Crippen molar-refractivity contribution in [1.29, 1.82) is 0 Å². The number of hydrogen-bond acceptors (Lipinski definition) is 6. The van der Waals surface area contributed by atoms with Gasteiger partial charge in [0, 0.05) is 45.1 Å². The number of nitrogens with zero attached hydrogens (tertiary/aromatic N) is 3. The third-order valence-electron chi connectivity index (χ3n) is 9.18. The zero-order chi connectivity index (χ0) is 27.7. The van der Waals surface area contributed by atoms with E-state index in [0.29, 0.717) is 24.2 Å². The molecule has 4 fully saturated rings. The van der Waals surface area contributed by atoms with Crippen molar-refractivity contribution < 1.29 is 18.0 Å². The van der Waals surface area contributed by atoms with Gasteiger partial charge in [-0.25, -0.2) is 0 Å². The fraction of sp³-hybridized carbons (Fsp3) is 0.643. The number of piperidine rings is 2. The van der Waals surface area contributed by atoms with E-state index in [1.165, 1.54) is 51.3 Å². The third-order valence-corrected chi connectivity index (χ3v) is 9.49. The number of aliphatic imine (C=N–C) groups is 1. The number of carbonyl (C=O) groups excluding carboxylic acids is 1. The van der Waals surface area contributed by atoms with Crippen LogP contribution in [0.3, 0.4) is 0 Å². The van der Waals surface area contributed by atoms with Gasteiger partial charge in [0.2, 0.25) is 0 Å². The topological polar surface area (TPSA) is 86.0 Å². The van der Waals surface area contributed by atoms with E-state index in [0.717, 1.165) is 56.7 Å². The van der Waals surface area contributed by atoms with Crippen molar-refractivity contribution in [3.8, 4) is 0 Å². The monoisotopic (exact) mass is 566 g/mol. The van der Waals surface area contributed by atoms with Gasteiger partial charge >= 0.3 is 6.18 Å². The zero-order valence-electron chi connectivity index (χ0n) is 22.2. The van der Waals surface area contributed by atoms with E-state index in [1.807, 2.05) is 0 Å². The zero-order valence-corrected chi connectivity index (χ0v) is 23.0. The number of nitrogens with one attached hydrogen (secondary N) is 2. The van der Waals surface area contributed by atoms with Crippen LogP contribution >= 0.6 is 11.6 Å². The second-order valence-corrected chi connectivity index (χ2v) is 12.1. The van der Waals surface area contributed by atoms with Crippen molar-refractivity contribution in [3.63, 3.8) is 0 Å². The number of anilines is 1. The molecule has 1 amide bonds. The summed E-state index contributed by atoms with van der Waals surface area (Å²) >= 11 is 6.05. The third kappa shape index (κ3) is 6.23. The van der Waals surface area contributed by atoms with E-state index in [-0.39, 0.29) is 16.6 Å². The van der Waals surface area contributed by atoms with Crippen LogP contribution in [-0.4, -0.2) is 73.3 Å². The minimum Gasteiger partial charge on any atom is -0.403 e. The van der Waals surface area contributed by atoms with Gasteiger partial charge in [-0.3, -0.25) is 9.79 Å². The van der Waals surface area contributed by atoms with Gasteiger partial charge in [0.05, 0.1) is 22.0 Å². The van der Waals surface area contributed by atoms with E-state index in [2.05, 4.69) is 25.4 Å². The van der Waals surface area contributed by atoms with E-state index in [1.54, 1.807) is 6.21 Å². The summed E-state index contributed by atoms with van der Waals surface area (Å²) in [6.07, 6.45) is 5.45. The lowest BCUT2D eigenvalue weighted by molar-refractivity contribution is -0.137. The fourth-order valence-corrected chi connectivity index (χ4v) is 6.39. The smallest absolute Gasteiger partial charge is 0.403 e. The molecule has 0 aromatic heterocycles. The number of nitrogens with two attached hydrogens (primary N) is 1. The average molecular weight is 567 g/mol. The summed E-state index contributed by atoms with van der Waals surface area (Å²) in [5.41, 5.74) is 5.63. The van der Waals surface area contributed by atoms with Crippen LogP contribution < -0.4 is 16.4 Å². The molecule has 1 aliphatic carbocycles. The minimum absolute atomic E-state index is 0.140. The molecule has 7 nitrogen and oxygen atoms in total. The van der Waals surface area contributed by atoms with Crippen LogP contribution in [0, 0.1) is 11.3 Å². The first-order valence-electron chi connectivity index (χ1n) is 13.9. The molecule has 11 heteroatoms. The number of carbonyl (C=O) groups is 1. The quantitative estimate of drug-likeness (QED) is 0.424. The van der Waals surface area contributed by atoms with Crippen molar-refractivity contribution in [2.75, 3.05) is 51.1 Å². The van der Waals surface area contributed by atoms with Crippen molar-refractivity contribution in [3.05, 3.63) is 40.7 Å². The number of halogens is 4. The van der Waals surface area contributed by atoms with E-state index >= 15 is 0 Å². The number of benzene rings is 1. The van der Waals surface area contributed by atoms with Crippen LogP contribution in [0.2, 0.25) is 5.02 Å². The standard InChI is InChI=1S/C28H38ClF3N6O/c29-23-14-21(28(30,31)32)2-3-24(23)36-25(39)27(6-1-7-27)35-16-22(15-33)38-10-4-20(5-11-38)17-37-12-8-26(9-13-37)18-34-19-26/h2-3,14-16,20,34H,1,4-13,17-19,33H2,(H,36,39). The average Bonchev–Trinajstić information content (AvgIpc) is 2.86. The molecule has 1 aromatic rings. The summed E-state index contributed by atoms with van der Waals surface area (Å²) < 4.78 is 38.9. The summed E-state index contributed by atoms with van der Waals surface area (Å²) in [6, 6.07) is 2.91. The maximum Gasteiger partial charge on any atom is 0.416 e. The lowest BCUT2D eigenvalue weighted by atomic mass is 9.73. The van der Waals surface area contributed by atoms with Crippen molar-refractivity contribution in [2.45, 2.75) is 56.7 Å². The van der Waals surface area contributed by atoms with Gasteiger partial charge in [0.1, 0.15) is 5.54 Å². The number of alkyl halides is 3. The second kappa shape index (κ2) is 11.3. The molecule has 3 aliphatic heterocycles. The number of allylic oxidation sites excluding steroid dienone is 1. The Morgan fingerprint density at radius 2 is 1.85 bits per heavy atom. The van der Waals surface area contributed by atoms with Crippen molar-refractivity contribution in [1.82, 2.24) is 15.1 Å². The summed E-state index contributed by atoms with van der Waals surface area (Å²) in [4.78, 5) is 22.7. The second-order valence-electron chi connectivity index (χ2n) is 11.7. The molecule has 4 N–H and O–H groups in total. The first kappa shape index (κ1) is 28.2. The molecule has 3 heterocycles. The van der Waals surface area contributed by atoms with Crippen LogP contribution in [-0.2, 0) is 11.0 Å². The Hall–Kier alpha value is -2.30. The lowest BCUT2D eigenvalue weighted by Crippen LogP contribution is -2.58. The number of amides is 1. The van der Waals surface area contributed by atoms with Gasteiger partial charge in [-0.05, 0) is 87.6 Å². The fourth-order valence-electron chi connectivity index (χ4n) is 6.16. The van der Waals surface area contributed by atoms with Gasteiger partial charge in [-0.2, -0.15) is 13.2 Å². The first-order chi connectivity index (χ1) is 18.6. The largest absolute Gasteiger partial charge is 0.416 e. The predicted molar refractivity (Wildman–Crippen MR) is 148 cm³/mol. The molecule has 4 aliphatic rings. The highest BCUT2D eigenvalue weighted by atomic mass is 35.5. The molecule has 5 rings (SSSR count). The summed E-state index contributed by atoms with van der Waals surface area (Å²) in [6.45, 7) is 7.70. The van der Waals surface area contributed by atoms with E-state index < -0.39 is 17.3 Å². The predicted octanol–water partition coefficient (Wildman–Crippen LogP) is 4.49. The molecule has 0 atom stereocenters. The number of rotatable bonds is 7. The maximum atomic E-state index is 13.1. The van der Waals surface area contributed by atoms with Gasteiger partial charge < -0.3 is 26.2 Å². The molecule has 214 valence electrons. The maximum absolute atomic E-state index is 13.1. The molecule has 0 unspecified atom stereocenters. The summed E-state index contributed by atoms with van der Waals surface area (Å²) in [5, 5.41) is 5.95. The SMILES string of the molecule is NC=C(C=NC1(C(=O)Nc2ccc(C(F)(F)F)cc2Cl)CCC1)N1CCC(CN2CCC3(CC2)CNC3)CC1. The number of hydrogen-bond donors (Lipinski definition) is 3. The lowest BCUT2D eigenvalue weighted by Gasteiger charge is -2.49. The molecule has 1 aromatic carbocycles. The molecular formula is C28H38ClF3N6O. The first-order valence-corrected chi connectivity index (χ1v) is 14.3. The Labute approximate surface area is 233 Å². The molecule has 1 saturated carbocycles. The highest BCUT2D eigenvalue weighted by Gasteiger charge is 2.44. The molecule has 39 heavy (non-hydrogen) atoms. The van der Waals surface area contributed by atoms with Gasteiger partial charge in [-0.1, -0.05) is 11.6 Å². The van der Waals surface area contributed by atoms with Crippen molar-refractivity contribution in [2.24, 2.45) is 22.1 Å². The van der Waals surface area contributed by atoms with Crippen LogP contribution in [0.25, 0.3) is 0 Å². The molecular weight excluding hydrogens is 529 g/mol. The van der Waals surface area contributed by atoms with Gasteiger partial charge in [0.15, 0.2) is 0 Å². The Morgan fingerprint density at radius 3 is 2.36 bits per heavy atom. The Bertz CT molecular complexity index is 1100. The highest BCUT2D eigenvalue weighted by Crippen LogP contribution is 2.39. The van der Waals surface area contributed by atoms with Gasteiger partial charge in [-0.15, -0.1) is 0 Å². The van der Waals surface area contributed by atoms with Crippen LogP contribution in [0.15, 0.2) is 35.1 Å². The van der Waals surface area contributed by atoms with Crippen LogP contribution in [0.5, 0.6) is 0 Å². The van der Waals surface area contributed by atoms with Crippen LogP contribution in [0.1, 0.15) is 50.5 Å². The molecule has 3 saturated heterocycles. The molecule has 1 spiro atoms. The Kier molecular flexibility index (Phi) is 8.18. The molecule has 0 bridgehead atoms. The molecule has 0 radical (unpaired) electrons. The highest BCUT2D eigenvalue weighted by molar-refractivity contribution is 6.33. The number of likely N-dealkylation sites (tertiary alicyclic amines) is 2. The van der Waals surface area contributed by atoms with E-state index in [4.69, 9.17) is 17.3 Å². The summed E-state index contributed by atoms with van der Waals surface area (Å²) in [7, 11) is 0. The normalized spacial score (nSPS) is 24.0. The van der Waals surface area contributed by atoms with E-state index in [9.17, 15) is 18.0 Å². The minimum atomic E-state index is -4.50. The summed E-state index contributed by atoms with van der Waals surface area (Å²) in [5.74, 6) is 0.297. The Balaban J connectivity index is 1.13. The van der Waals surface area contributed by atoms with Gasteiger partial charge in [0.25, 0.3) is 5.91 Å². The van der Waals surface area contributed by atoms with Crippen molar-refractivity contribution >= 4 is 29.4 Å². The Morgan fingerprint density at radius 1 is 1.15 bits per heavy atom. The van der Waals surface area contributed by atoms with Crippen LogP contribution in [0.4, 0.5) is 18.9 Å².